The summed E-state index contributed by atoms with van der Waals surface area (Å²) in [5.74, 6) is 0. The Morgan fingerprint density at radius 3 is 1.67 bits per heavy atom. The quantitative estimate of drug-likeness (QED) is 0.170. The second kappa shape index (κ2) is 12.8. The van der Waals surface area contributed by atoms with Crippen LogP contribution in [-0.2, 0) is 13.3 Å². The van der Waals surface area contributed by atoms with Crippen molar-refractivity contribution in [3.05, 3.63) is 170 Å². The van der Waals surface area contributed by atoms with Crippen LogP contribution >= 0.6 is 15.1 Å². The van der Waals surface area contributed by atoms with Gasteiger partial charge in [0.25, 0.3) is 0 Å². The van der Waals surface area contributed by atoms with Gasteiger partial charge in [-0.2, -0.15) is 0 Å². The third-order valence-electron chi connectivity index (χ3n) is 11.2. The summed E-state index contributed by atoms with van der Waals surface area (Å²) in [5, 5.41) is 14.8. The summed E-state index contributed by atoms with van der Waals surface area (Å²) >= 11 is 0. The molecule has 0 spiro atoms. The smallest absolute Gasteiger partial charge is 0.0556 e. The standard InChI is InChI=1S/C48H40N2P2/c1-51-43-31-37(49(33-17-7-3-8-18-33)34-19-9-4-10-20-34)27-29-41(43)45-39-25-15-16-26-40(39)46-42-30-28-38(32-44(42)52(2)48(46)47(45)51)50(35-21-11-5-12-22-35)36-23-13-6-14-24-36/h3-13,15-21,23,25-32,35H,14,22,24H2,1-2H3. The Morgan fingerprint density at radius 1 is 0.538 bits per heavy atom. The van der Waals surface area contributed by atoms with E-state index in [-0.39, 0.29) is 0 Å². The highest BCUT2D eigenvalue weighted by atomic mass is 31.1. The second-order valence-electron chi connectivity index (χ2n) is 14.1. The van der Waals surface area contributed by atoms with E-state index in [0.717, 1.165) is 19.3 Å². The van der Waals surface area contributed by atoms with Gasteiger partial charge in [-0.1, -0.05) is 109 Å². The summed E-state index contributed by atoms with van der Waals surface area (Å²) in [6.45, 7) is 5.04. The molecule has 0 aliphatic heterocycles. The lowest BCUT2D eigenvalue weighted by Gasteiger charge is -2.35. The van der Waals surface area contributed by atoms with E-state index in [1.165, 1.54) is 71.0 Å². The summed E-state index contributed by atoms with van der Waals surface area (Å²) < 4.78 is 0. The molecule has 0 amide bonds. The molecule has 3 atom stereocenters. The number of aryl methyl sites for hydroxylation is 2. The van der Waals surface area contributed by atoms with E-state index in [9.17, 15) is 0 Å². The number of nitrogens with zero attached hydrogens (tertiary/aromatic N) is 2. The van der Waals surface area contributed by atoms with E-state index < -0.39 is 15.1 Å². The Balaban J connectivity index is 1.23. The van der Waals surface area contributed by atoms with Crippen LogP contribution in [0.1, 0.15) is 19.3 Å². The number of hydrogen-bond acceptors (Lipinski definition) is 2. The van der Waals surface area contributed by atoms with Crippen molar-refractivity contribution in [3.8, 4) is 0 Å². The van der Waals surface area contributed by atoms with E-state index in [0.29, 0.717) is 6.04 Å². The first-order chi connectivity index (χ1) is 25.7. The molecule has 2 heterocycles. The van der Waals surface area contributed by atoms with Crippen molar-refractivity contribution in [1.29, 1.82) is 0 Å². The summed E-state index contributed by atoms with van der Waals surface area (Å²) in [6.07, 6.45) is 19.2. The fraction of sp³-hybridized carbons (Fsp3) is 0.125. The third kappa shape index (κ3) is 4.93. The number of allylic oxidation sites excluding steroid dienone is 6. The van der Waals surface area contributed by atoms with Crippen LogP contribution in [0.15, 0.2) is 170 Å². The molecule has 3 unspecified atom stereocenters. The average molecular weight is 707 g/mol. The highest BCUT2D eigenvalue weighted by Gasteiger charge is 2.25. The minimum atomic E-state index is -0.576. The van der Waals surface area contributed by atoms with E-state index in [1.807, 2.05) is 0 Å². The van der Waals surface area contributed by atoms with Crippen LogP contribution in [0.5, 0.6) is 0 Å². The van der Waals surface area contributed by atoms with Crippen LogP contribution in [0.2, 0.25) is 0 Å². The summed E-state index contributed by atoms with van der Waals surface area (Å²) in [6, 6.07) is 45.8. The first-order valence-corrected chi connectivity index (χ1v) is 22.0. The van der Waals surface area contributed by atoms with Gasteiger partial charge in [0.15, 0.2) is 0 Å². The number of para-hydroxylation sites is 2. The fourth-order valence-electron chi connectivity index (χ4n) is 8.88. The largest absolute Gasteiger partial charge is 0.338 e. The van der Waals surface area contributed by atoms with Crippen molar-refractivity contribution in [3.63, 3.8) is 0 Å². The molecule has 52 heavy (non-hydrogen) atoms. The highest BCUT2D eigenvalue weighted by Crippen LogP contribution is 2.61. The molecule has 8 aromatic rings. The van der Waals surface area contributed by atoms with Crippen LogP contribution in [0.3, 0.4) is 0 Å². The van der Waals surface area contributed by atoms with Gasteiger partial charge in [-0.05, 0) is 109 Å². The van der Waals surface area contributed by atoms with Crippen molar-refractivity contribution in [2.45, 2.75) is 25.3 Å². The lowest BCUT2D eigenvalue weighted by atomic mass is 9.98. The van der Waals surface area contributed by atoms with Gasteiger partial charge in [-0.25, -0.2) is 0 Å². The first-order valence-electron chi connectivity index (χ1n) is 18.4. The number of rotatable bonds is 6. The maximum Gasteiger partial charge on any atom is 0.0556 e. The lowest BCUT2D eigenvalue weighted by Crippen LogP contribution is -2.33. The van der Waals surface area contributed by atoms with E-state index >= 15 is 0 Å². The second-order valence-corrected chi connectivity index (χ2v) is 18.2. The summed E-state index contributed by atoms with van der Waals surface area (Å²) in [7, 11) is -1.13. The van der Waals surface area contributed by atoms with Crippen molar-refractivity contribution in [1.82, 2.24) is 0 Å². The summed E-state index contributed by atoms with van der Waals surface area (Å²) in [5.41, 5.74) is 6.30. The molecule has 4 heteroatoms. The Hall–Kier alpha value is -5.26. The molecule has 0 N–H and O–H groups in total. The van der Waals surface area contributed by atoms with Gasteiger partial charge in [0.2, 0.25) is 0 Å². The minimum absolute atomic E-state index is 0.330. The zero-order valence-corrected chi connectivity index (χ0v) is 31.4. The predicted molar refractivity (Wildman–Crippen MR) is 232 cm³/mol. The van der Waals surface area contributed by atoms with Crippen molar-refractivity contribution in [2.75, 3.05) is 9.80 Å². The van der Waals surface area contributed by atoms with Crippen LogP contribution in [0.25, 0.3) is 52.8 Å². The van der Waals surface area contributed by atoms with Gasteiger partial charge in [-0.3, -0.25) is 0 Å². The zero-order chi connectivity index (χ0) is 34.8. The maximum atomic E-state index is 2.62. The topological polar surface area (TPSA) is 6.48 Å². The molecule has 0 bridgehead atoms. The van der Waals surface area contributed by atoms with Gasteiger partial charge >= 0.3 is 0 Å². The van der Waals surface area contributed by atoms with E-state index in [1.54, 1.807) is 10.2 Å². The fourth-order valence-corrected chi connectivity index (χ4v) is 14.0. The van der Waals surface area contributed by atoms with E-state index in [4.69, 9.17) is 0 Å². The molecule has 2 aromatic heterocycles. The predicted octanol–water partition coefficient (Wildman–Crippen LogP) is 14.9. The van der Waals surface area contributed by atoms with Crippen LogP contribution in [0.4, 0.5) is 22.7 Å². The number of fused-ring (bicyclic) bond motifs is 10. The molecular weight excluding hydrogens is 666 g/mol. The minimum Gasteiger partial charge on any atom is -0.338 e. The molecule has 0 saturated carbocycles. The number of anilines is 4. The Morgan fingerprint density at radius 2 is 1.12 bits per heavy atom. The van der Waals surface area contributed by atoms with Crippen molar-refractivity contribution in [2.24, 2.45) is 13.3 Å². The first kappa shape index (κ1) is 31.5. The SMILES string of the molecule is Cp1c2cc(N(c3ccccc3)c3ccccc3)ccc2c2c3ccccc3c3c4ccc(N(C5=CC=CCC5)C5C=CC=CC5)cc4p(C)c3c21. The van der Waals surface area contributed by atoms with E-state index in [2.05, 4.69) is 187 Å². The molecular formula is C48H40N2P2. The van der Waals surface area contributed by atoms with Crippen molar-refractivity contribution >= 4 is 90.6 Å². The van der Waals surface area contributed by atoms with Gasteiger partial charge in [0.05, 0.1) is 6.04 Å². The third-order valence-corrected chi connectivity index (χ3v) is 15.8. The van der Waals surface area contributed by atoms with Crippen molar-refractivity contribution < 1.29 is 0 Å². The van der Waals surface area contributed by atoms with Gasteiger partial charge in [-0.15, -0.1) is 15.1 Å². The van der Waals surface area contributed by atoms with Gasteiger partial charge in [0, 0.05) is 59.7 Å². The maximum absolute atomic E-state index is 2.62. The molecule has 2 nitrogen and oxygen atoms in total. The molecule has 10 rings (SSSR count). The molecule has 6 aromatic carbocycles. The van der Waals surface area contributed by atoms with Crippen LogP contribution in [0, 0.1) is 0 Å². The lowest BCUT2D eigenvalue weighted by molar-refractivity contribution is 0.721. The summed E-state index contributed by atoms with van der Waals surface area (Å²) in [4.78, 5) is 5.02. The number of benzene rings is 6. The molecule has 0 fully saturated rings. The molecule has 2 aliphatic carbocycles. The molecule has 252 valence electrons. The molecule has 0 saturated heterocycles. The molecule has 0 radical (unpaired) electrons. The van der Waals surface area contributed by atoms with Gasteiger partial charge in [0.1, 0.15) is 0 Å². The van der Waals surface area contributed by atoms with Gasteiger partial charge < -0.3 is 9.80 Å². The molecule has 2 aliphatic rings. The Labute approximate surface area is 307 Å². The number of hydrogen-bond donors (Lipinski definition) is 0. The van der Waals surface area contributed by atoms with Crippen LogP contribution in [-0.4, -0.2) is 6.04 Å². The normalized spacial score (nSPS) is 16.4. The Bertz CT molecular complexity index is 2760. The van der Waals surface area contributed by atoms with Crippen LogP contribution < -0.4 is 9.80 Å². The highest BCUT2D eigenvalue weighted by molar-refractivity contribution is 7.65. The zero-order valence-electron chi connectivity index (χ0n) is 29.6. The monoisotopic (exact) mass is 706 g/mol. The average Bonchev–Trinajstić information content (AvgIpc) is 3.66. The Kier molecular flexibility index (Phi) is 7.72.